The summed E-state index contributed by atoms with van der Waals surface area (Å²) in [5.74, 6) is 3.83. The third-order valence-electron chi connectivity index (χ3n) is 20.3. The molecule has 0 aliphatic heterocycles. The van der Waals surface area contributed by atoms with Crippen molar-refractivity contribution in [1.29, 1.82) is 0 Å². The van der Waals surface area contributed by atoms with E-state index in [1.165, 1.54) is 134 Å². The van der Waals surface area contributed by atoms with E-state index >= 15 is 0 Å². The molecule has 1 aliphatic rings. The van der Waals surface area contributed by atoms with Crippen LogP contribution in [-0.2, 0) is 18.3 Å². The molecule has 0 bridgehead atoms. The molecule has 4 aromatic heterocycles. The molecule has 0 unspecified atom stereocenters. The molecule has 0 radical (unpaired) electrons. The molecule has 0 saturated heterocycles. The van der Waals surface area contributed by atoms with Gasteiger partial charge in [-0.1, -0.05) is 257 Å². The van der Waals surface area contributed by atoms with Gasteiger partial charge in [-0.15, -0.1) is 0 Å². The van der Waals surface area contributed by atoms with E-state index in [0.717, 1.165) is 67.6 Å². The zero-order valence-electron chi connectivity index (χ0n) is 58.8. The maximum atomic E-state index is 6.59. The molecule has 12 heteroatoms. The topological polar surface area (TPSA) is 107 Å². The number of aromatic nitrogens is 4. The van der Waals surface area contributed by atoms with Gasteiger partial charge in [-0.25, -0.2) is 0 Å². The first kappa shape index (κ1) is 68.5. The first-order chi connectivity index (χ1) is 50.8. The Morgan fingerprint density at radius 3 is 0.903 bits per heavy atom. The van der Waals surface area contributed by atoms with Crippen molar-refractivity contribution in [3.05, 3.63) is 313 Å². The highest BCUT2D eigenvalue weighted by Crippen LogP contribution is 2.55. The van der Waals surface area contributed by atoms with Gasteiger partial charge in [0, 0.05) is 51.7 Å². The van der Waals surface area contributed by atoms with E-state index in [-0.39, 0.29) is 5.41 Å². The van der Waals surface area contributed by atoms with E-state index in [9.17, 15) is 0 Å². The average molecular weight is 1380 g/mol. The number of hydrogen-bond acceptors (Lipinski definition) is 10. The summed E-state index contributed by atoms with van der Waals surface area (Å²) in [6.07, 6.45) is 26.7. The second-order valence-corrected chi connectivity index (χ2v) is 30.0. The van der Waals surface area contributed by atoms with Crippen LogP contribution in [0.5, 0.6) is 34.5 Å². The zero-order valence-corrected chi connectivity index (χ0v) is 61.1. The Morgan fingerprint density at radius 2 is 0.573 bits per heavy atom. The summed E-state index contributed by atoms with van der Waals surface area (Å²) in [7, 11) is 0. The molecular weight excluding hydrogens is 1300 g/mol. The van der Waals surface area contributed by atoms with Gasteiger partial charge >= 0.3 is 30.3 Å². The number of nitrogens with zero attached hydrogens (tertiary/aromatic N) is 4. The lowest BCUT2D eigenvalue weighted by atomic mass is 9.70. The van der Waals surface area contributed by atoms with Crippen LogP contribution in [0.1, 0.15) is 123 Å². The summed E-state index contributed by atoms with van der Waals surface area (Å²) in [4.78, 5) is 18.5. The van der Waals surface area contributed by atoms with Crippen molar-refractivity contribution in [2.24, 2.45) is 0 Å². The lowest BCUT2D eigenvalue weighted by Crippen LogP contribution is -2.37. The predicted octanol–water partition coefficient (Wildman–Crippen LogP) is 23.1. The molecule has 0 atom stereocenters. The highest BCUT2D eigenvalue weighted by Gasteiger charge is 2.47. The molecule has 0 spiro atoms. The van der Waals surface area contributed by atoms with Gasteiger partial charge < -0.3 is 22.7 Å². The van der Waals surface area contributed by atoms with Crippen molar-refractivity contribution in [3.8, 4) is 67.9 Å². The molecule has 1 aliphatic carbocycles. The fourth-order valence-corrected chi connectivity index (χ4v) is 17.6. The maximum absolute atomic E-state index is 6.59. The second kappa shape index (κ2) is 32.8. The largest absolute Gasteiger partial charge is 1.20 e. The van der Waals surface area contributed by atoms with Gasteiger partial charge in [-0.05, 0) is 181 Å². The Kier molecular flexibility index (Phi) is 21.8. The minimum atomic E-state index is -2.90. The number of fused-ring (bicyclic) bond motifs is 7. The number of aryl methyl sites for hydroxylation is 4. The maximum Gasteiger partial charge on any atom is 1.20 e. The Labute approximate surface area is 615 Å². The van der Waals surface area contributed by atoms with Crippen LogP contribution in [0.15, 0.2) is 280 Å². The predicted molar refractivity (Wildman–Crippen MR) is 420 cm³/mol. The first-order valence-electron chi connectivity index (χ1n) is 36.8. The van der Waals surface area contributed by atoms with Crippen LogP contribution in [-0.4, -0.2) is 50.2 Å². The van der Waals surface area contributed by atoms with Crippen molar-refractivity contribution in [3.63, 3.8) is 0 Å². The highest BCUT2D eigenvalue weighted by atomic mass is 27.3. The van der Waals surface area contributed by atoms with Crippen LogP contribution in [0, 0.1) is 13.8 Å². The normalized spacial score (nSPS) is 12.1. The fraction of sp³-hybridized carbons (Fsp3) is 0.209. The number of unbranched alkanes of at least 4 members (excludes halogenated alkanes) is 10. The van der Waals surface area contributed by atoms with Crippen LogP contribution in [0.4, 0.5) is 0 Å². The second-order valence-electron chi connectivity index (χ2n) is 27.5. The molecule has 14 aromatic rings. The number of benzene rings is 10. The molecule has 0 N–H and O–H groups in total. The van der Waals surface area contributed by atoms with Crippen LogP contribution in [0.2, 0.25) is 0 Å². The van der Waals surface area contributed by atoms with Crippen LogP contribution in [0.25, 0.3) is 77.0 Å². The molecule has 4 heterocycles. The molecule has 0 saturated carbocycles. The fourth-order valence-electron chi connectivity index (χ4n) is 15.0. The molecule has 0 fully saturated rings. The minimum absolute atomic E-state index is 0.0659. The van der Waals surface area contributed by atoms with E-state index in [1.807, 2.05) is 146 Å². The van der Waals surface area contributed by atoms with Crippen molar-refractivity contribution in [2.75, 3.05) is 0 Å². The van der Waals surface area contributed by atoms with Crippen LogP contribution >= 0.6 is 0 Å². The number of pyridine rings is 4. The van der Waals surface area contributed by atoms with Gasteiger partial charge in [0.1, 0.15) is 45.1 Å². The standard InChI is InChI=1S/C55H62O2.4C9H7NO.2Al/c1-41-17-35-51-52-36-18-42(2)40-54(52)55(53(51)39-41,37-13-9-5-3-7-11-15-43-19-23-45(24-20-43)47-27-31-49(56)32-28-47)38-14-10-6-4-8-12-16-44-21-25-46(26-22-44)48-29-33-50(57)34-30-48;4*11-8-5-1-3-7-4-2-6-10-9(7)8;;/h17-36,39-40,56-57H,3-16,37-38H2,1-2H3;4*1-6,11H;;/q;;;;;2*+3/p-6. The SMILES string of the molecule is Cc1ccc2c(c1)C(CCCCCCCCc1ccc(-c3ccc([O][Al]([O]c4cccc5cccnc45)[O]c4cccc5cccnc45)cc3)cc1)(CCCCCCCCc1ccc(-c3ccc([O][Al]([O]c4cccc5cccnc45)[O]c4cccc5cccnc45)cc3)cc1)c1cc(C)ccc1-2. The highest BCUT2D eigenvalue weighted by molar-refractivity contribution is 6.40. The van der Waals surface area contributed by atoms with Gasteiger partial charge in [0.05, 0.1) is 11.5 Å². The summed E-state index contributed by atoms with van der Waals surface area (Å²) >= 11 is -5.81. The molecule has 10 nitrogen and oxygen atoms in total. The lowest BCUT2D eigenvalue weighted by molar-refractivity contribution is 0.309. The molecule has 10 aromatic carbocycles. The summed E-state index contributed by atoms with van der Waals surface area (Å²) < 4.78 is 39.5. The van der Waals surface area contributed by atoms with Crippen LogP contribution < -0.4 is 22.7 Å². The van der Waals surface area contributed by atoms with E-state index < -0.39 is 30.3 Å². The minimum Gasteiger partial charge on any atom is -0.577 e. The Morgan fingerprint density at radius 1 is 0.282 bits per heavy atom. The lowest BCUT2D eigenvalue weighted by Gasteiger charge is -2.33. The monoisotopic (exact) mass is 1380 g/mol. The zero-order chi connectivity index (χ0) is 69.6. The molecule has 510 valence electrons. The van der Waals surface area contributed by atoms with Crippen molar-refractivity contribution in [1.82, 2.24) is 19.9 Å². The van der Waals surface area contributed by atoms with E-state index in [4.69, 9.17) is 22.7 Å². The summed E-state index contributed by atoms with van der Waals surface area (Å²) in [6.45, 7) is 4.55. The van der Waals surface area contributed by atoms with E-state index in [1.54, 1.807) is 35.9 Å². The average Bonchev–Trinajstić information content (AvgIpc) is 1.57. The molecule has 103 heavy (non-hydrogen) atoms. The van der Waals surface area contributed by atoms with Crippen molar-refractivity contribution >= 4 is 73.9 Å². The molecule has 0 amide bonds. The summed E-state index contributed by atoms with van der Waals surface area (Å²) in [5.41, 5.74) is 19.3. The van der Waals surface area contributed by atoms with Gasteiger partial charge in [0.25, 0.3) is 0 Å². The third kappa shape index (κ3) is 16.5. The summed E-state index contributed by atoms with van der Waals surface area (Å²) in [6, 6.07) is 88.6. The Balaban J connectivity index is 0.501. The Hall–Kier alpha value is -10.3. The Bertz CT molecular complexity index is 4680. The summed E-state index contributed by atoms with van der Waals surface area (Å²) in [5, 5.41) is 3.94. The van der Waals surface area contributed by atoms with Crippen molar-refractivity contribution in [2.45, 2.75) is 122 Å². The number of hydrogen-bond donors (Lipinski definition) is 0. The van der Waals surface area contributed by atoms with Gasteiger partial charge in [0.15, 0.2) is 0 Å². The van der Waals surface area contributed by atoms with E-state index in [0.29, 0.717) is 34.5 Å². The van der Waals surface area contributed by atoms with E-state index in [2.05, 4.69) is 143 Å². The quantitative estimate of drug-likeness (QED) is 0.0299. The van der Waals surface area contributed by atoms with Gasteiger partial charge in [-0.3, -0.25) is 19.9 Å². The van der Waals surface area contributed by atoms with Crippen LogP contribution in [0.3, 0.4) is 0 Å². The first-order valence-corrected chi connectivity index (χ1v) is 39.6. The number of rotatable bonds is 32. The van der Waals surface area contributed by atoms with Gasteiger partial charge in [0.2, 0.25) is 0 Å². The molecule has 15 rings (SSSR count). The third-order valence-corrected chi connectivity index (χ3v) is 23.0. The van der Waals surface area contributed by atoms with Crippen molar-refractivity contribution < 1.29 is 22.7 Å². The smallest absolute Gasteiger partial charge is 0.577 e. The molecular formula is C91H84Al2N4O6. The van der Waals surface area contributed by atoms with Gasteiger partial charge in [-0.2, -0.15) is 0 Å². The number of para-hydroxylation sites is 4.